The second-order valence-electron chi connectivity index (χ2n) is 5.48. The molecule has 1 heterocycles. The number of thioether (sulfide) groups is 1. The normalized spacial score (nSPS) is 30.2. The Kier molecular flexibility index (Phi) is 3.12. The van der Waals surface area contributed by atoms with Crippen molar-refractivity contribution >= 4 is 24.4 Å². The van der Waals surface area contributed by atoms with Gasteiger partial charge >= 0.3 is 0 Å². The van der Waals surface area contributed by atoms with E-state index < -0.39 is 0 Å². The zero-order chi connectivity index (χ0) is 10.2. The average molecular weight is 231 g/mol. The Morgan fingerprint density at radius 2 is 2.07 bits per heavy atom. The van der Waals surface area contributed by atoms with Crippen molar-refractivity contribution in [3.05, 3.63) is 0 Å². The van der Waals surface area contributed by atoms with Crippen LogP contribution in [0, 0.1) is 5.41 Å². The molecule has 0 spiro atoms. The van der Waals surface area contributed by atoms with Gasteiger partial charge in [0.05, 0.1) is 0 Å². The van der Waals surface area contributed by atoms with Crippen LogP contribution in [0.25, 0.3) is 0 Å². The SMILES string of the molecule is CC1(C)CN(CC2(CS)CC2)CCS1. The Bertz CT molecular complexity index is 211. The lowest BCUT2D eigenvalue weighted by Gasteiger charge is -2.39. The molecule has 3 heteroatoms. The van der Waals surface area contributed by atoms with Crippen LogP contribution in [0.3, 0.4) is 0 Å². The second-order valence-corrected chi connectivity index (χ2v) is 7.60. The number of thiol groups is 1. The highest BCUT2D eigenvalue weighted by Gasteiger charge is 2.43. The lowest BCUT2D eigenvalue weighted by atomic mass is 10.1. The van der Waals surface area contributed by atoms with Crippen LogP contribution in [0.2, 0.25) is 0 Å². The molecule has 1 saturated heterocycles. The van der Waals surface area contributed by atoms with Crippen molar-refractivity contribution in [2.75, 3.05) is 31.1 Å². The highest BCUT2D eigenvalue weighted by atomic mass is 32.2. The largest absolute Gasteiger partial charge is 0.301 e. The quantitative estimate of drug-likeness (QED) is 0.744. The summed E-state index contributed by atoms with van der Waals surface area (Å²) in [6.07, 6.45) is 2.81. The molecule has 1 saturated carbocycles. The first kappa shape index (κ1) is 11.2. The van der Waals surface area contributed by atoms with Gasteiger partial charge in [0, 0.05) is 30.1 Å². The topological polar surface area (TPSA) is 3.24 Å². The van der Waals surface area contributed by atoms with Crippen molar-refractivity contribution in [2.45, 2.75) is 31.4 Å². The van der Waals surface area contributed by atoms with Crippen LogP contribution in [0.5, 0.6) is 0 Å². The van der Waals surface area contributed by atoms with Gasteiger partial charge < -0.3 is 4.90 Å². The summed E-state index contributed by atoms with van der Waals surface area (Å²) in [5.41, 5.74) is 0.598. The molecule has 0 aromatic rings. The summed E-state index contributed by atoms with van der Waals surface area (Å²) in [7, 11) is 0. The molecule has 0 bridgehead atoms. The van der Waals surface area contributed by atoms with E-state index in [1.807, 2.05) is 0 Å². The Balaban J connectivity index is 1.86. The molecule has 0 N–H and O–H groups in total. The van der Waals surface area contributed by atoms with Crippen LogP contribution in [0.4, 0.5) is 0 Å². The van der Waals surface area contributed by atoms with Gasteiger partial charge in [-0.3, -0.25) is 0 Å². The molecule has 2 fully saturated rings. The standard InChI is InChI=1S/C11H21NS2/c1-10(2)7-12(5-6-14-10)8-11(9-13)3-4-11/h13H,3-9H2,1-2H3. The third kappa shape index (κ3) is 2.61. The Hall–Kier alpha value is 0.660. The molecule has 1 aliphatic carbocycles. The molecule has 82 valence electrons. The first-order valence-corrected chi connectivity index (χ1v) is 7.14. The van der Waals surface area contributed by atoms with Gasteiger partial charge in [0.15, 0.2) is 0 Å². The van der Waals surface area contributed by atoms with Crippen LogP contribution in [-0.2, 0) is 0 Å². The molecule has 1 nitrogen and oxygen atoms in total. The first-order chi connectivity index (χ1) is 6.55. The molecular formula is C11H21NS2. The van der Waals surface area contributed by atoms with Crippen LogP contribution in [0.1, 0.15) is 26.7 Å². The van der Waals surface area contributed by atoms with Crippen molar-refractivity contribution < 1.29 is 0 Å². The zero-order valence-corrected chi connectivity index (χ0v) is 11.0. The Labute approximate surface area is 97.4 Å². The van der Waals surface area contributed by atoms with Crippen LogP contribution in [-0.4, -0.2) is 40.8 Å². The summed E-state index contributed by atoms with van der Waals surface area (Å²) in [5, 5.41) is 0. The monoisotopic (exact) mass is 231 g/mol. The predicted molar refractivity (Wildman–Crippen MR) is 68.5 cm³/mol. The van der Waals surface area contributed by atoms with E-state index in [1.54, 1.807) is 0 Å². The molecule has 0 amide bonds. The molecule has 2 rings (SSSR count). The second kappa shape index (κ2) is 3.91. The van der Waals surface area contributed by atoms with Crippen LogP contribution < -0.4 is 0 Å². The van der Waals surface area contributed by atoms with E-state index in [1.165, 1.54) is 38.2 Å². The summed E-state index contributed by atoms with van der Waals surface area (Å²) < 4.78 is 0.463. The number of hydrogen-bond donors (Lipinski definition) is 1. The van der Waals surface area contributed by atoms with E-state index in [4.69, 9.17) is 0 Å². The van der Waals surface area contributed by atoms with Gasteiger partial charge in [-0.1, -0.05) is 0 Å². The van der Waals surface area contributed by atoms with Gasteiger partial charge in [-0.25, -0.2) is 0 Å². The highest BCUT2D eigenvalue weighted by Crippen LogP contribution is 2.47. The van der Waals surface area contributed by atoms with Gasteiger partial charge in [0.2, 0.25) is 0 Å². The molecular weight excluding hydrogens is 210 g/mol. The molecule has 2 aliphatic rings. The maximum Gasteiger partial charge on any atom is 0.0231 e. The minimum absolute atomic E-state index is 0.463. The van der Waals surface area contributed by atoms with E-state index in [0.717, 1.165) is 5.75 Å². The Morgan fingerprint density at radius 1 is 1.36 bits per heavy atom. The molecule has 0 atom stereocenters. The van der Waals surface area contributed by atoms with E-state index in [-0.39, 0.29) is 0 Å². The summed E-state index contributed by atoms with van der Waals surface area (Å²) >= 11 is 6.59. The number of nitrogens with zero attached hydrogens (tertiary/aromatic N) is 1. The maximum absolute atomic E-state index is 4.47. The zero-order valence-electron chi connectivity index (χ0n) is 9.25. The van der Waals surface area contributed by atoms with E-state index in [2.05, 4.69) is 43.1 Å². The van der Waals surface area contributed by atoms with Crippen molar-refractivity contribution in [2.24, 2.45) is 5.41 Å². The molecule has 0 aromatic heterocycles. The molecule has 14 heavy (non-hydrogen) atoms. The van der Waals surface area contributed by atoms with E-state index in [0.29, 0.717) is 10.2 Å². The van der Waals surface area contributed by atoms with Gasteiger partial charge in [-0.15, -0.1) is 0 Å². The minimum atomic E-state index is 0.463. The van der Waals surface area contributed by atoms with Crippen molar-refractivity contribution in [1.29, 1.82) is 0 Å². The summed E-state index contributed by atoms with van der Waals surface area (Å²) in [5.74, 6) is 2.38. The minimum Gasteiger partial charge on any atom is -0.301 e. The summed E-state index contributed by atoms with van der Waals surface area (Å²) in [6.45, 7) is 8.56. The summed E-state index contributed by atoms with van der Waals surface area (Å²) in [4.78, 5) is 2.65. The van der Waals surface area contributed by atoms with Crippen molar-refractivity contribution in [3.63, 3.8) is 0 Å². The fraction of sp³-hybridized carbons (Fsp3) is 1.00. The van der Waals surface area contributed by atoms with Gasteiger partial charge in [0.1, 0.15) is 0 Å². The maximum atomic E-state index is 4.47. The van der Waals surface area contributed by atoms with E-state index in [9.17, 15) is 0 Å². The molecule has 0 aromatic carbocycles. The van der Waals surface area contributed by atoms with Gasteiger partial charge in [-0.05, 0) is 37.9 Å². The fourth-order valence-electron chi connectivity index (χ4n) is 2.27. The van der Waals surface area contributed by atoms with E-state index >= 15 is 0 Å². The smallest absolute Gasteiger partial charge is 0.0231 e. The van der Waals surface area contributed by atoms with Crippen molar-refractivity contribution in [1.82, 2.24) is 4.90 Å². The molecule has 0 radical (unpaired) electrons. The lowest BCUT2D eigenvalue weighted by Crippen LogP contribution is -2.45. The molecule has 1 aliphatic heterocycles. The predicted octanol–water partition coefficient (Wildman–Crippen LogP) is 2.52. The third-order valence-electron chi connectivity index (χ3n) is 3.36. The average Bonchev–Trinajstić information content (AvgIpc) is 2.84. The first-order valence-electron chi connectivity index (χ1n) is 5.53. The van der Waals surface area contributed by atoms with Crippen LogP contribution >= 0.6 is 24.4 Å². The summed E-state index contributed by atoms with van der Waals surface area (Å²) in [6, 6.07) is 0. The number of hydrogen-bond acceptors (Lipinski definition) is 3. The Morgan fingerprint density at radius 3 is 2.57 bits per heavy atom. The van der Waals surface area contributed by atoms with Crippen molar-refractivity contribution in [3.8, 4) is 0 Å². The fourth-order valence-corrected chi connectivity index (χ4v) is 3.86. The van der Waals surface area contributed by atoms with Gasteiger partial charge in [-0.2, -0.15) is 24.4 Å². The number of rotatable bonds is 3. The lowest BCUT2D eigenvalue weighted by molar-refractivity contribution is 0.220. The van der Waals surface area contributed by atoms with Gasteiger partial charge in [0.25, 0.3) is 0 Å². The molecule has 0 unspecified atom stereocenters. The highest BCUT2D eigenvalue weighted by molar-refractivity contribution is 8.00. The van der Waals surface area contributed by atoms with Crippen LogP contribution in [0.15, 0.2) is 0 Å². The third-order valence-corrected chi connectivity index (χ3v) is 5.32.